The van der Waals surface area contributed by atoms with Gasteiger partial charge in [-0.2, -0.15) is 0 Å². The third-order valence-electron chi connectivity index (χ3n) is 4.13. The number of rotatable bonds is 12. The van der Waals surface area contributed by atoms with Crippen molar-refractivity contribution in [1.82, 2.24) is 15.4 Å². The van der Waals surface area contributed by atoms with E-state index in [2.05, 4.69) is 41.1 Å². The van der Waals surface area contributed by atoms with Crippen LogP contribution in [0.2, 0.25) is 0 Å². The normalized spacial score (nSPS) is 13.6. The molecule has 0 radical (unpaired) electrons. The molecule has 0 saturated carbocycles. The highest BCUT2D eigenvalue weighted by molar-refractivity contribution is 7.89. The molecule has 0 fully saturated rings. The zero-order chi connectivity index (χ0) is 21.0. The largest absolute Gasteiger partial charge is 0.383 e. The molecular weight excluding hydrogens is 376 g/mol. The summed E-state index contributed by atoms with van der Waals surface area (Å²) in [6.45, 7) is 10.3. The molecule has 0 saturated heterocycles. The number of methoxy groups -OCH3 is 1. The highest BCUT2D eigenvalue weighted by atomic mass is 32.2. The zero-order valence-corrected chi connectivity index (χ0v) is 18.6. The number of nitrogens with one attached hydrogen (secondary N) is 3. The summed E-state index contributed by atoms with van der Waals surface area (Å²) in [5, 5.41) is 6.66. The van der Waals surface area contributed by atoms with Crippen molar-refractivity contribution >= 4 is 16.0 Å². The zero-order valence-electron chi connectivity index (χ0n) is 17.8. The van der Waals surface area contributed by atoms with Crippen molar-refractivity contribution in [1.29, 1.82) is 0 Å². The first-order chi connectivity index (χ1) is 13.3. The van der Waals surface area contributed by atoms with Crippen molar-refractivity contribution in [2.75, 3.05) is 26.8 Å². The Labute approximate surface area is 170 Å². The van der Waals surface area contributed by atoms with Crippen molar-refractivity contribution in [2.45, 2.75) is 58.0 Å². The number of hydrogen-bond acceptors (Lipinski definition) is 4. The Hall–Kier alpha value is -1.64. The maximum absolute atomic E-state index is 12.3. The molecule has 0 amide bonds. The lowest BCUT2D eigenvalue weighted by Crippen LogP contribution is -2.42. The van der Waals surface area contributed by atoms with Crippen LogP contribution in [-0.2, 0) is 21.3 Å². The van der Waals surface area contributed by atoms with E-state index in [0.29, 0.717) is 25.1 Å². The molecule has 1 rings (SSSR count). The number of nitrogens with zero attached hydrogens (tertiary/aromatic N) is 1. The van der Waals surface area contributed by atoms with Crippen LogP contribution in [-0.4, -0.2) is 47.2 Å². The molecule has 0 heterocycles. The molecular formula is C20H36N4O3S. The lowest BCUT2D eigenvalue weighted by atomic mass is 10.0. The highest BCUT2D eigenvalue weighted by Crippen LogP contribution is 2.12. The van der Waals surface area contributed by atoms with Crippen LogP contribution in [0.1, 0.15) is 46.1 Å². The maximum Gasteiger partial charge on any atom is 0.240 e. The number of ether oxygens (including phenoxy) is 1. The second kappa shape index (κ2) is 12.7. The topological polar surface area (TPSA) is 91.8 Å². The number of guanidine groups is 1. The van der Waals surface area contributed by atoms with Gasteiger partial charge in [-0.3, -0.25) is 0 Å². The molecule has 0 aliphatic rings. The Bertz CT molecular complexity index is 705. The lowest BCUT2D eigenvalue weighted by Gasteiger charge is -2.18. The highest BCUT2D eigenvalue weighted by Gasteiger charge is 2.13. The fraction of sp³-hybridized carbons (Fsp3) is 0.650. The van der Waals surface area contributed by atoms with Gasteiger partial charge < -0.3 is 15.4 Å². The van der Waals surface area contributed by atoms with Crippen molar-refractivity contribution in [3.8, 4) is 0 Å². The summed E-state index contributed by atoms with van der Waals surface area (Å²) < 4.78 is 32.1. The molecule has 0 bridgehead atoms. The Morgan fingerprint density at radius 2 is 1.96 bits per heavy atom. The van der Waals surface area contributed by atoms with Crippen LogP contribution in [0.3, 0.4) is 0 Å². The number of sulfonamides is 1. The van der Waals surface area contributed by atoms with Gasteiger partial charge in [0.15, 0.2) is 5.96 Å². The average molecular weight is 413 g/mol. The molecule has 1 atom stereocenters. The van der Waals surface area contributed by atoms with E-state index in [-0.39, 0.29) is 11.4 Å². The van der Waals surface area contributed by atoms with Gasteiger partial charge in [0.05, 0.1) is 18.0 Å². The van der Waals surface area contributed by atoms with E-state index in [4.69, 9.17) is 4.74 Å². The van der Waals surface area contributed by atoms with Crippen molar-refractivity contribution in [3.05, 3.63) is 29.8 Å². The number of benzene rings is 1. The summed E-state index contributed by atoms with van der Waals surface area (Å²) in [5.74, 6) is 1.41. The third-order valence-corrected chi connectivity index (χ3v) is 5.59. The molecule has 7 nitrogen and oxygen atoms in total. The maximum atomic E-state index is 12.3. The van der Waals surface area contributed by atoms with E-state index >= 15 is 0 Å². The van der Waals surface area contributed by atoms with E-state index in [0.717, 1.165) is 30.9 Å². The van der Waals surface area contributed by atoms with Gasteiger partial charge in [-0.1, -0.05) is 26.0 Å². The van der Waals surface area contributed by atoms with E-state index < -0.39 is 10.0 Å². The molecule has 28 heavy (non-hydrogen) atoms. The third kappa shape index (κ3) is 9.52. The Morgan fingerprint density at radius 3 is 2.61 bits per heavy atom. The predicted molar refractivity (Wildman–Crippen MR) is 115 cm³/mol. The van der Waals surface area contributed by atoms with Gasteiger partial charge in [-0.05, 0) is 50.3 Å². The van der Waals surface area contributed by atoms with Crippen LogP contribution in [0.25, 0.3) is 0 Å². The van der Waals surface area contributed by atoms with Gasteiger partial charge in [-0.15, -0.1) is 0 Å². The molecule has 0 aliphatic heterocycles. The monoisotopic (exact) mass is 412 g/mol. The summed E-state index contributed by atoms with van der Waals surface area (Å²) in [7, 11) is -2.01. The van der Waals surface area contributed by atoms with Crippen LogP contribution >= 0.6 is 0 Å². The number of hydrogen-bond donors (Lipinski definition) is 3. The Kier molecular flexibility index (Phi) is 11.1. The molecule has 8 heteroatoms. The molecule has 1 aromatic carbocycles. The minimum atomic E-state index is -3.55. The van der Waals surface area contributed by atoms with Gasteiger partial charge in [0, 0.05) is 26.2 Å². The first-order valence-corrected chi connectivity index (χ1v) is 11.4. The van der Waals surface area contributed by atoms with E-state index in [1.807, 2.05) is 13.0 Å². The SMILES string of the molecule is CCNC(=NCc1cccc(S(=O)(=O)NCCOC)c1)NC(C)CCC(C)C. The predicted octanol–water partition coefficient (Wildman–Crippen LogP) is 2.49. The van der Waals surface area contributed by atoms with Gasteiger partial charge in [-0.25, -0.2) is 18.1 Å². The standard InChI is InChI=1S/C20H36N4O3S/c1-6-21-20(24-17(4)11-10-16(2)3)22-15-18-8-7-9-19(14-18)28(25,26)23-12-13-27-5/h7-9,14,16-17,23H,6,10-13,15H2,1-5H3,(H2,21,22,24). The fourth-order valence-electron chi connectivity index (χ4n) is 2.55. The van der Waals surface area contributed by atoms with E-state index in [1.54, 1.807) is 18.2 Å². The van der Waals surface area contributed by atoms with E-state index in [1.165, 1.54) is 7.11 Å². The first-order valence-electron chi connectivity index (χ1n) is 9.90. The minimum Gasteiger partial charge on any atom is -0.383 e. The molecule has 1 unspecified atom stereocenters. The van der Waals surface area contributed by atoms with Gasteiger partial charge >= 0.3 is 0 Å². The second-order valence-corrected chi connectivity index (χ2v) is 9.02. The molecule has 3 N–H and O–H groups in total. The summed E-state index contributed by atoms with van der Waals surface area (Å²) in [6.07, 6.45) is 2.23. The fourth-order valence-corrected chi connectivity index (χ4v) is 3.63. The number of aliphatic imine (C=N–C) groups is 1. The Balaban J connectivity index is 2.78. The molecule has 0 aromatic heterocycles. The minimum absolute atomic E-state index is 0.236. The van der Waals surface area contributed by atoms with Crippen LogP contribution in [0.15, 0.2) is 34.2 Å². The quantitative estimate of drug-likeness (QED) is 0.279. The molecule has 160 valence electrons. The van der Waals surface area contributed by atoms with Crippen LogP contribution in [0, 0.1) is 5.92 Å². The van der Waals surface area contributed by atoms with Crippen molar-refractivity contribution < 1.29 is 13.2 Å². The van der Waals surface area contributed by atoms with Crippen molar-refractivity contribution in [3.63, 3.8) is 0 Å². The van der Waals surface area contributed by atoms with E-state index in [9.17, 15) is 8.42 Å². The van der Waals surface area contributed by atoms with Gasteiger partial charge in [0.25, 0.3) is 0 Å². The summed E-state index contributed by atoms with van der Waals surface area (Å²) in [6, 6.07) is 7.17. The van der Waals surface area contributed by atoms with Crippen LogP contribution in [0.5, 0.6) is 0 Å². The summed E-state index contributed by atoms with van der Waals surface area (Å²) in [5.41, 5.74) is 0.835. The molecule has 1 aromatic rings. The van der Waals surface area contributed by atoms with Crippen molar-refractivity contribution in [2.24, 2.45) is 10.9 Å². The second-order valence-electron chi connectivity index (χ2n) is 7.25. The molecule has 0 aliphatic carbocycles. The summed E-state index contributed by atoms with van der Waals surface area (Å²) >= 11 is 0. The van der Waals surface area contributed by atoms with Gasteiger partial charge in [0.1, 0.15) is 0 Å². The molecule has 0 spiro atoms. The average Bonchev–Trinajstić information content (AvgIpc) is 2.65. The van der Waals surface area contributed by atoms with Crippen LogP contribution in [0.4, 0.5) is 0 Å². The first kappa shape index (κ1) is 24.4. The Morgan fingerprint density at radius 1 is 1.21 bits per heavy atom. The van der Waals surface area contributed by atoms with Gasteiger partial charge in [0.2, 0.25) is 10.0 Å². The van der Waals surface area contributed by atoms with Crippen LogP contribution < -0.4 is 15.4 Å². The smallest absolute Gasteiger partial charge is 0.240 e. The summed E-state index contributed by atoms with van der Waals surface area (Å²) in [4.78, 5) is 4.84. The lowest BCUT2D eigenvalue weighted by molar-refractivity contribution is 0.204.